The number of amides is 2. The maximum absolute atomic E-state index is 13.3. The van der Waals surface area contributed by atoms with Crippen molar-refractivity contribution in [2.45, 2.75) is 25.8 Å². The van der Waals surface area contributed by atoms with Crippen LogP contribution >= 0.6 is 0 Å². The minimum atomic E-state index is -0.473. The molecule has 0 aliphatic carbocycles. The zero-order chi connectivity index (χ0) is 17.6. The van der Waals surface area contributed by atoms with E-state index in [9.17, 15) is 9.18 Å². The lowest BCUT2D eigenvalue weighted by Crippen LogP contribution is -2.31. The maximum atomic E-state index is 13.3. The number of terminal acetylenes is 1. The number of carbonyl (C=O) groups excluding carboxylic acids is 1. The molecule has 0 atom stereocenters. The highest BCUT2D eigenvalue weighted by Gasteiger charge is 2.17. The van der Waals surface area contributed by atoms with E-state index < -0.39 is 11.8 Å². The van der Waals surface area contributed by atoms with Crippen LogP contribution in [0, 0.1) is 18.2 Å². The van der Waals surface area contributed by atoms with Crippen LogP contribution in [0.25, 0.3) is 0 Å². The van der Waals surface area contributed by atoms with Crippen LogP contribution in [-0.4, -0.2) is 33.9 Å². The fourth-order valence-electron chi connectivity index (χ4n) is 2.69. The van der Waals surface area contributed by atoms with E-state index in [0.717, 1.165) is 31.0 Å². The van der Waals surface area contributed by atoms with Crippen molar-refractivity contribution >= 4 is 11.7 Å². The molecule has 0 fully saturated rings. The summed E-state index contributed by atoms with van der Waals surface area (Å²) in [5.74, 6) is 3.88. The Morgan fingerprint density at radius 3 is 3.16 bits per heavy atom. The number of benzene rings is 1. The van der Waals surface area contributed by atoms with E-state index in [1.54, 1.807) is 0 Å². The van der Waals surface area contributed by atoms with Crippen molar-refractivity contribution in [1.82, 2.24) is 20.1 Å². The second-order valence-corrected chi connectivity index (χ2v) is 5.55. The molecule has 2 heterocycles. The predicted molar refractivity (Wildman–Crippen MR) is 89.8 cm³/mol. The van der Waals surface area contributed by atoms with Crippen LogP contribution in [0.15, 0.2) is 18.2 Å². The Morgan fingerprint density at radius 2 is 2.32 bits per heavy atom. The minimum absolute atomic E-state index is 0.0161. The molecular formula is C17H18FN5O2. The van der Waals surface area contributed by atoms with E-state index in [0.29, 0.717) is 18.7 Å². The Kier molecular flexibility index (Phi) is 5.14. The Hall–Kier alpha value is -3.08. The number of halogens is 1. The SMILES string of the molecule is C#CCOc1cc(F)ccc1NC(=O)NCCc1nnc2n1CCC2. The van der Waals surface area contributed by atoms with Crippen LogP contribution in [0.1, 0.15) is 18.1 Å². The third-order valence-corrected chi connectivity index (χ3v) is 3.82. The number of carbonyl (C=O) groups is 1. The first-order valence-electron chi connectivity index (χ1n) is 7.99. The second kappa shape index (κ2) is 7.66. The van der Waals surface area contributed by atoms with Crippen molar-refractivity contribution in [3.05, 3.63) is 35.7 Å². The minimum Gasteiger partial charge on any atom is -0.479 e. The lowest BCUT2D eigenvalue weighted by molar-refractivity contribution is 0.252. The van der Waals surface area contributed by atoms with Gasteiger partial charge in [0.15, 0.2) is 0 Å². The van der Waals surface area contributed by atoms with Crippen molar-refractivity contribution in [2.75, 3.05) is 18.5 Å². The second-order valence-electron chi connectivity index (χ2n) is 5.55. The molecule has 130 valence electrons. The molecule has 0 unspecified atom stereocenters. The van der Waals surface area contributed by atoms with Gasteiger partial charge in [-0.15, -0.1) is 16.6 Å². The molecule has 0 saturated heterocycles. The Morgan fingerprint density at radius 1 is 1.44 bits per heavy atom. The monoisotopic (exact) mass is 343 g/mol. The molecule has 0 spiro atoms. The molecule has 2 aromatic rings. The fourth-order valence-corrected chi connectivity index (χ4v) is 2.69. The van der Waals surface area contributed by atoms with Gasteiger partial charge in [0.1, 0.15) is 29.8 Å². The number of aromatic nitrogens is 3. The number of hydrogen-bond donors (Lipinski definition) is 2. The molecule has 2 amide bonds. The summed E-state index contributed by atoms with van der Waals surface area (Å²) in [6, 6.07) is 3.41. The summed E-state index contributed by atoms with van der Waals surface area (Å²) in [4.78, 5) is 12.0. The predicted octanol–water partition coefficient (Wildman–Crippen LogP) is 1.74. The molecule has 1 aliphatic rings. The average Bonchev–Trinajstić information content (AvgIpc) is 3.20. The number of anilines is 1. The largest absolute Gasteiger partial charge is 0.479 e. The summed E-state index contributed by atoms with van der Waals surface area (Å²) >= 11 is 0. The number of rotatable bonds is 6. The molecule has 3 rings (SSSR count). The topological polar surface area (TPSA) is 81.1 Å². The molecule has 7 nitrogen and oxygen atoms in total. The maximum Gasteiger partial charge on any atom is 0.319 e. The number of nitrogens with one attached hydrogen (secondary N) is 2. The Balaban J connectivity index is 1.53. The summed E-state index contributed by atoms with van der Waals surface area (Å²) in [6.07, 6.45) is 7.75. The van der Waals surface area contributed by atoms with Gasteiger partial charge in [-0.2, -0.15) is 0 Å². The third kappa shape index (κ3) is 4.07. The van der Waals surface area contributed by atoms with Crippen molar-refractivity contribution < 1.29 is 13.9 Å². The van der Waals surface area contributed by atoms with E-state index in [4.69, 9.17) is 11.2 Å². The molecule has 0 bridgehead atoms. The highest BCUT2D eigenvalue weighted by molar-refractivity contribution is 5.90. The quantitative estimate of drug-likeness (QED) is 0.783. The normalized spacial score (nSPS) is 12.3. The van der Waals surface area contributed by atoms with E-state index in [2.05, 4.69) is 31.3 Å². The van der Waals surface area contributed by atoms with E-state index >= 15 is 0 Å². The summed E-state index contributed by atoms with van der Waals surface area (Å²) in [5, 5.41) is 13.6. The van der Waals surface area contributed by atoms with Gasteiger partial charge in [0.05, 0.1) is 5.69 Å². The zero-order valence-corrected chi connectivity index (χ0v) is 13.6. The molecule has 2 N–H and O–H groups in total. The zero-order valence-electron chi connectivity index (χ0n) is 13.6. The molecule has 0 saturated carbocycles. The van der Waals surface area contributed by atoms with E-state index in [1.165, 1.54) is 18.2 Å². The summed E-state index contributed by atoms with van der Waals surface area (Å²) in [7, 11) is 0. The molecule has 1 aliphatic heterocycles. The number of urea groups is 1. The van der Waals surface area contributed by atoms with Crippen LogP contribution in [0.4, 0.5) is 14.9 Å². The average molecular weight is 343 g/mol. The van der Waals surface area contributed by atoms with Crippen molar-refractivity contribution in [1.29, 1.82) is 0 Å². The molecular weight excluding hydrogens is 325 g/mol. The van der Waals surface area contributed by atoms with E-state index in [1.807, 2.05) is 0 Å². The summed E-state index contributed by atoms with van der Waals surface area (Å²) in [6.45, 7) is 1.32. The Bertz CT molecular complexity index is 812. The van der Waals surface area contributed by atoms with Crippen LogP contribution in [-0.2, 0) is 19.4 Å². The molecule has 1 aromatic carbocycles. The number of aryl methyl sites for hydroxylation is 1. The lowest BCUT2D eigenvalue weighted by atomic mass is 10.3. The van der Waals surface area contributed by atoms with Crippen LogP contribution < -0.4 is 15.4 Å². The van der Waals surface area contributed by atoms with Crippen LogP contribution in [0.5, 0.6) is 5.75 Å². The Labute approximate surface area is 144 Å². The van der Waals surface area contributed by atoms with Crippen molar-refractivity contribution in [2.24, 2.45) is 0 Å². The van der Waals surface area contributed by atoms with Crippen LogP contribution in [0.3, 0.4) is 0 Å². The van der Waals surface area contributed by atoms with Gasteiger partial charge in [-0.1, -0.05) is 5.92 Å². The van der Waals surface area contributed by atoms with Gasteiger partial charge >= 0.3 is 6.03 Å². The fraction of sp³-hybridized carbons (Fsp3) is 0.353. The lowest BCUT2D eigenvalue weighted by Gasteiger charge is -2.12. The third-order valence-electron chi connectivity index (χ3n) is 3.82. The van der Waals surface area contributed by atoms with Gasteiger partial charge in [-0.3, -0.25) is 0 Å². The summed E-state index contributed by atoms with van der Waals surface area (Å²) < 4.78 is 20.6. The first-order chi connectivity index (χ1) is 12.2. The van der Waals surface area contributed by atoms with Crippen molar-refractivity contribution in [3.63, 3.8) is 0 Å². The highest BCUT2D eigenvalue weighted by Crippen LogP contribution is 2.25. The van der Waals surface area contributed by atoms with Gasteiger partial charge in [-0.25, -0.2) is 9.18 Å². The number of nitrogens with zero attached hydrogens (tertiary/aromatic N) is 3. The first-order valence-corrected chi connectivity index (χ1v) is 7.99. The van der Waals surface area contributed by atoms with Gasteiger partial charge in [0.2, 0.25) is 0 Å². The molecule has 25 heavy (non-hydrogen) atoms. The number of hydrogen-bond acceptors (Lipinski definition) is 4. The standard InChI is InChI=1S/C17H18FN5O2/c1-2-10-25-14-11-12(18)5-6-13(14)20-17(24)19-8-7-16-22-21-15-4-3-9-23(15)16/h1,5-6,11H,3-4,7-10H2,(H2,19,20,24). The highest BCUT2D eigenvalue weighted by atomic mass is 19.1. The first kappa shape index (κ1) is 16.8. The molecule has 0 radical (unpaired) electrons. The van der Waals surface area contributed by atoms with Gasteiger partial charge in [0.25, 0.3) is 0 Å². The summed E-state index contributed by atoms with van der Waals surface area (Å²) in [5.41, 5.74) is 0.345. The van der Waals surface area contributed by atoms with Crippen molar-refractivity contribution in [3.8, 4) is 18.1 Å². The number of fused-ring (bicyclic) bond motifs is 1. The smallest absolute Gasteiger partial charge is 0.319 e. The van der Waals surface area contributed by atoms with Gasteiger partial charge in [-0.05, 0) is 18.6 Å². The van der Waals surface area contributed by atoms with Gasteiger partial charge < -0.3 is 19.9 Å². The van der Waals surface area contributed by atoms with Gasteiger partial charge in [0, 0.05) is 32.0 Å². The number of ether oxygens (including phenoxy) is 1. The molecule has 8 heteroatoms. The van der Waals surface area contributed by atoms with Crippen LogP contribution in [0.2, 0.25) is 0 Å². The molecule has 1 aromatic heterocycles. The van der Waals surface area contributed by atoms with E-state index in [-0.39, 0.29) is 12.4 Å².